The molecule has 1 aromatic heterocycles. The van der Waals surface area contributed by atoms with E-state index in [-0.39, 0.29) is 0 Å². The van der Waals surface area contributed by atoms with Gasteiger partial charge in [0.1, 0.15) is 5.82 Å². The Morgan fingerprint density at radius 2 is 2.06 bits per heavy atom. The number of nitrogens with zero attached hydrogens (tertiary/aromatic N) is 2. The molecular formula is C13H19N3O. The predicted octanol–water partition coefficient (Wildman–Crippen LogP) is 1.36. The molecule has 3 heterocycles. The van der Waals surface area contributed by atoms with Crippen LogP contribution in [-0.4, -0.2) is 23.2 Å². The topological polar surface area (TPSA) is 47.0 Å². The fourth-order valence-electron chi connectivity index (χ4n) is 2.77. The zero-order chi connectivity index (χ0) is 11.7. The fraction of sp³-hybridized carbons (Fsp3) is 0.692. The summed E-state index contributed by atoms with van der Waals surface area (Å²) in [6, 6.07) is 0. The first-order valence-electron chi connectivity index (χ1n) is 6.46. The molecule has 1 N–H and O–H groups in total. The number of hydrogen-bond acceptors (Lipinski definition) is 4. The van der Waals surface area contributed by atoms with Gasteiger partial charge in [-0.3, -0.25) is 0 Å². The van der Waals surface area contributed by atoms with Crippen molar-refractivity contribution in [2.45, 2.75) is 39.3 Å². The Morgan fingerprint density at radius 3 is 2.88 bits per heavy atom. The van der Waals surface area contributed by atoms with E-state index in [1.807, 2.05) is 6.92 Å². The third-order valence-electron chi connectivity index (χ3n) is 3.71. The summed E-state index contributed by atoms with van der Waals surface area (Å²) in [6.45, 7) is 5.66. The Kier molecular flexibility index (Phi) is 3.07. The van der Waals surface area contributed by atoms with Crippen LogP contribution in [0.15, 0.2) is 0 Å². The van der Waals surface area contributed by atoms with Crippen LogP contribution in [0.1, 0.15) is 35.6 Å². The number of hydrogen-bond donors (Lipinski definition) is 1. The number of aryl methyl sites for hydroxylation is 1. The molecule has 0 amide bonds. The molecule has 3 rings (SSSR count). The first-order valence-corrected chi connectivity index (χ1v) is 6.46. The van der Waals surface area contributed by atoms with Crippen molar-refractivity contribution < 1.29 is 4.74 Å². The van der Waals surface area contributed by atoms with Gasteiger partial charge in [-0.25, -0.2) is 9.97 Å². The van der Waals surface area contributed by atoms with Gasteiger partial charge in [0.15, 0.2) is 0 Å². The second-order valence-electron chi connectivity index (χ2n) is 5.01. The highest BCUT2D eigenvalue weighted by atomic mass is 16.5. The van der Waals surface area contributed by atoms with Crippen molar-refractivity contribution in [2.75, 3.05) is 13.2 Å². The smallest absolute Gasteiger partial charge is 0.125 e. The maximum atomic E-state index is 5.41. The van der Waals surface area contributed by atoms with Crippen molar-refractivity contribution >= 4 is 0 Å². The summed E-state index contributed by atoms with van der Waals surface area (Å²) in [5.41, 5.74) is 3.83. The third-order valence-corrected chi connectivity index (χ3v) is 3.71. The summed E-state index contributed by atoms with van der Waals surface area (Å²) in [6.07, 6.45) is 3.44. The molecule has 0 radical (unpaired) electrons. The molecule has 17 heavy (non-hydrogen) atoms. The Morgan fingerprint density at radius 1 is 1.24 bits per heavy atom. The van der Waals surface area contributed by atoms with Gasteiger partial charge in [0.2, 0.25) is 0 Å². The van der Waals surface area contributed by atoms with E-state index in [0.29, 0.717) is 0 Å². The van der Waals surface area contributed by atoms with Gasteiger partial charge in [-0.2, -0.15) is 0 Å². The normalized spacial score (nSPS) is 20.5. The van der Waals surface area contributed by atoms with Crippen molar-refractivity contribution in [2.24, 2.45) is 5.92 Å². The van der Waals surface area contributed by atoms with E-state index in [4.69, 9.17) is 4.74 Å². The molecule has 92 valence electrons. The molecule has 4 heteroatoms. The van der Waals surface area contributed by atoms with Gasteiger partial charge in [0.25, 0.3) is 0 Å². The average molecular weight is 233 g/mol. The second kappa shape index (κ2) is 4.70. The SMILES string of the molecule is Cc1nc2c(c(CC3CCOCC3)n1)CNC2. The highest BCUT2D eigenvalue weighted by Crippen LogP contribution is 2.24. The van der Waals surface area contributed by atoms with Crippen LogP contribution in [0.2, 0.25) is 0 Å². The lowest BCUT2D eigenvalue weighted by molar-refractivity contribution is 0.0662. The Hall–Kier alpha value is -1.00. The molecule has 2 aliphatic heterocycles. The molecule has 0 aliphatic carbocycles. The number of fused-ring (bicyclic) bond motifs is 1. The lowest BCUT2D eigenvalue weighted by atomic mass is 9.93. The quantitative estimate of drug-likeness (QED) is 0.838. The van der Waals surface area contributed by atoms with E-state index in [1.165, 1.54) is 29.8 Å². The molecule has 2 aliphatic rings. The highest BCUT2D eigenvalue weighted by molar-refractivity contribution is 5.29. The summed E-state index contributed by atoms with van der Waals surface area (Å²) < 4.78 is 5.41. The monoisotopic (exact) mass is 233 g/mol. The molecule has 4 nitrogen and oxygen atoms in total. The average Bonchev–Trinajstić information content (AvgIpc) is 2.78. The number of ether oxygens (including phenoxy) is 1. The molecule has 0 bridgehead atoms. The molecule has 1 fully saturated rings. The van der Waals surface area contributed by atoms with Gasteiger partial charge in [-0.15, -0.1) is 0 Å². The van der Waals surface area contributed by atoms with Gasteiger partial charge in [-0.05, 0) is 32.1 Å². The van der Waals surface area contributed by atoms with E-state index in [2.05, 4.69) is 15.3 Å². The minimum Gasteiger partial charge on any atom is -0.381 e. The van der Waals surface area contributed by atoms with Crippen molar-refractivity contribution in [3.63, 3.8) is 0 Å². The van der Waals surface area contributed by atoms with Crippen molar-refractivity contribution in [3.05, 3.63) is 22.8 Å². The van der Waals surface area contributed by atoms with Gasteiger partial charge < -0.3 is 10.1 Å². The van der Waals surface area contributed by atoms with Crippen LogP contribution in [0.25, 0.3) is 0 Å². The maximum absolute atomic E-state index is 5.41. The van der Waals surface area contributed by atoms with Crippen LogP contribution in [-0.2, 0) is 24.2 Å². The molecule has 0 atom stereocenters. The Bertz CT molecular complexity index is 413. The molecule has 1 saturated heterocycles. The molecular weight excluding hydrogens is 214 g/mol. The van der Waals surface area contributed by atoms with Crippen LogP contribution in [0.4, 0.5) is 0 Å². The standard InChI is InChI=1S/C13H19N3O/c1-9-15-12(6-10-2-4-17-5-3-10)11-7-14-8-13(11)16-9/h10,14H,2-8H2,1H3. The zero-order valence-electron chi connectivity index (χ0n) is 10.3. The number of nitrogens with one attached hydrogen (secondary N) is 1. The largest absolute Gasteiger partial charge is 0.381 e. The molecule has 0 unspecified atom stereocenters. The number of aromatic nitrogens is 2. The van der Waals surface area contributed by atoms with E-state index in [0.717, 1.165) is 44.5 Å². The first kappa shape index (κ1) is 11.1. The van der Waals surface area contributed by atoms with Gasteiger partial charge in [0.05, 0.1) is 5.69 Å². The molecule has 0 spiro atoms. The van der Waals surface area contributed by atoms with Crippen molar-refractivity contribution in [1.29, 1.82) is 0 Å². The lowest BCUT2D eigenvalue weighted by Gasteiger charge is -2.22. The van der Waals surface area contributed by atoms with Gasteiger partial charge in [-0.1, -0.05) is 0 Å². The van der Waals surface area contributed by atoms with E-state index in [1.54, 1.807) is 0 Å². The molecule has 0 saturated carbocycles. The van der Waals surface area contributed by atoms with Crippen LogP contribution in [0, 0.1) is 12.8 Å². The summed E-state index contributed by atoms with van der Waals surface area (Å²) in [4.78, 5) is 9.16. The van der Waals surface area contributed by atoms with Crippen LogP contribution in [0.3, 0.4) is 0 Å². The zero-order valence-corrected chi connectivity index (χ0v) is 10.3. The highest BCUT2D eigenvalue weighted by Gasteiger charge is 2.21. The van der Waals surface area contributed by atoms with E-state index in [9.17, 15) is 0 Å². The molecule has 0 aromatic carbocycles. The first-order chi connectivity index (χ1) is 8.33. The van der Waals surface area contributed by atoms with E-state index < -0.39 is 0 Å². The molecule has 1 aromatic rings. The summed E-state index contributed by atoms with van der Waals surface area (Å²) >= 11 is 0. The summed E-state index contributed by atoms with van der Waals surface area (Å²) in [5.74, 6) is 1.65. The summed E-state index contributed by atoms with van der Waals surface area (Å²) in [5, 5.41) is 3.37. The second-order valence-corrected chi connectivity index (χ2v) is 5.01. The van der Waals surface area contributed by atoms with Crippen molar-refractivity contribution in [3.8, 4) is 0 Å². The van der Waals surface area contributed by atoms with Crippen LogP contribution >= 0.6 is 0 Å². The van der Waals surface area contributed by atoms with Crippen LogP contribution in [0.5, 0.6) is 0 Å². The third kappa shape index (κ3) is 2.33. The van der Waals surface area contributed by atoms with E-state index >= 15 is 0 Å². The van der Waals surface area contributed by atoms with Crippen molar-refractivity contribution in [1.82, 2.24) is 15.3 Å². The van der Waals surface area contributed by atoms with Crippen LogP contribution < -0.4 is 5.32 Å². The van der Waals surface area contributed by atoms with Gasteiger partial charge in [0, 0.05) is 37.6 Å². The summed E-state index contributed by atoms with van der Waals surface area (Å²) in [7, 11) is 0. The minimum atomic E-state index is 0.739. The minimum absolute atomic E-state index is 0.739. The maximum Gasteiger partial charge on any atom is 0.125 e. The van der Waals surface area contributed by atoms with Gasteiger partial charge >= 0.3 is 0 Å². The Labute approximate surface area is 102 Å². The Balaban J connectivity index is 1.82. The lowest BCUT2D eigenvalue weighted by Crippen LogP contribution is -2.19. The predicted molar refractivity (Wildman–Crippen MR) is 64.6 cm³/mol. The fourth-order valence-corrected chi connectivity index (χ4v) is 2.77. The number of rotatable bonds is 2.